The molecule has 0 fully saturated rings. The molecule has 4 nitrogen and oxygen atoms in total. The Bertz CT molecular complexity index is 2650. The average Bonchev–Trinajstić information content (AvgIpc) is 3.68. The molecule has 0 amide bonds. The van der Waals surface area contributed by atoms with Crippen molar-refractivity contribution in [2.75, 3.05) is 0 Å². The molecule has 0 spiro atoms. The van der Waals surface area contributed by atoms with E-state index >= 15 is 0 Å². The molecule has 6 aromatic carbocycles. The number of aryl methyl sites for hydroxylation is 1. The summed E-state index contributed by atoms with van der Waals surface area (Å²) in [4.78, 5) is 0. The normalized spacial score (nSPS) is 12.3. The molecule has 0 radical (unpaired) electrons. The van der Waals surface area contributed by atoms with Crippen LogP contribution in [-0.2, 0) is 6.42 Å². The van der Waals surface area contributed by atoms with E-state index in [1.807, 2.05) is 24.3 Å². The standard InChI is InChI=1S/C44H28N4/c45-27-29-22-23-35(43(24-29)48-41-20-6-3-17-38(41)44-33(28-46)13-9-21-42(44)48)32-12-7-10-30(25-32)31-11-8-14-34(26-31)47-39-18-4-1-15-36(39)37-16-2-5-19-40(37)47/h1-2,4-16,18-26H,3,17H2. The third-order valence-corrected chi connectivity index (χ3v) is 9.65. The van der Waals surface area contributed by atoms with E-state index in [2.05, 4.69) is 143 Å². The number of hydrogen-bond donors (Lipinski definition) is 0. The second kappa shape index (κ2) is 11.0. The Morgan fingerprint density at radius 3 is 2.02 bits per heavy atom. The topological polar surface area (TPSA) is 57.4 Å². The van der Waals surface area contributed by atoms with Gasteiger partial charge in [0, 0.05) is 33.1 Å². The van der Waals surface area contributed by atoms with Crippen LogP contribution >= 0.6 is 0 Å². The monoisotopic (exact) mass is 612 g/mol. The third-order valence-electron chi connectivity index (χ3n) is 9.65. The van der Waals surface area contributed by atoms with Crippen LogP contribution in [-0.4, -0.2) is 9.13 Å². The number of fused-ring (bicyclic) bond motifs is 6. The molecule has 1 aliphatic carbocycles. The van der Waals surface area contributed by atoms with Gasteiger partial charge in [-0.15, -0.1) is 0 Å². The van der Waals surface area contributed by atoms with E-state index in [-0.39, 0.29) is 0 Å². The predicted octanol–water partition coefficient (Wildman–Crippen LogP) is 10.8. The zero-order valence-corrected chi connectivity index (χ0v) is 26.1. The van der Waals surface area contributed by atoms with E-state index < -0.39 is 0 Å². The van der Waals surface area contributed by atoms with E-state index in [1.165, 1.54) is 27.4 Å². The quantitative estimate of drug-likeness (QED) is 0.199. The molecule has 48 heavy (non-hydrogen) atoms. The highest BCUT2D eigenvalue weighted by Crippen LogP contribution is 2.40. The fourth-order valence-corrected chi connectivity index (χ4v) is 7.56. The minimum Gasteiger partial charge on any atom is -0.309 e. The van der Waals surface area contributed by atoms with Gasteiger partial charge in [0.05, 0.1) is 45.5 Å². The van der Waals surface area contributed by atoms with Crippen molar-refractivity contribution in [2.24, 2.45) is 0 Å². The Morgan fingerprint density at radius 1 is 0.562 bits per heavy atom. The van der Waals surface area contributed by atoms with Crippen LogP contribution in [0.5, 0.6) is 0 Å². The summed E-state index contributed by atoms with van der Waals surface area (Å²) in [5.41, 5.74) is 13.2. The van der Waals surface area contributed by atoms with Gasteiger partial charge in [0.15, 0.2) is 0 Å². The van der Waals surface area contributed by atoms with Gasteiger partial charge in [0.1, 0.15) is 0 Å². The molecule has 0 unspecified atom stereocenters. The Morgan fingerprint density at radius 2 is 1.25 bits per heavy atom. The molecule has 0 saturated carbocycles. The predicted molar refractivity (Wildman–Crippen MR) is 195 cm³/mol. The largest absolute Gasteiger partial charge is 0.309 e. The van der Waals surface area contributed by atoms with Crippen LogP contribution in [0.15, 0.2) is 140 Å². The maximum atomic E-state index is 10.0. The van der Waals surface area contributed by atoms with Crippen LogP contribution in [0.4, 0.5) is 0 Å². The zero-order valence-electron chi connectivity index (χ0n) is 26.1. The van der Waals surface area contributed by atoms with Crippen molar-refractivity contribution in [2.45, 2.75) is 12.8 Å². The lowest BCUT2D eigenvalue weighted by Gasteiger charge is -2.17. The summed E-state index contributed by atoms with van der Waals surface area (Å²) in [5, 5.41) is 23.5. The second-order valence-corrected chi connectivity index (χ2v) is 12.3. The highest BCUT2D eigenvalue weighted by Gasteiger charge is 2.23. The summed E-state index contributed by atoms with van der Waals surface area (Å²) in [5.74, 6) is 0. The first-order valence-electron chi connectivity index (χ1n) is 16.2. The summed E-state index contributed by atoms with van der Waals surface area (Å²) < 4.78 is 4.59. The number of allylic oxidation sites excluding steroid dienone is 1. The Hall–Kier alpha value is -6.62. The molecule has 1 aliphatic rings. The first-order chi connectivity index (χ1) is 23.7. The zero-order chi connectivity index (χ0) is 32.2. The first kappa shape index (κ1) is 27.7. The lowest BCUT2D eigenvalue weighted by Crippen LogP contribution is -2.03. The van der Waals surface area contributed by atoms with Gasteiger partial charge in [-0.05, 0) is 95.8 Å². The van der Waals surface area contributed by atoms with Crippen LogP contribution in [0, 0.1) is 22.7 Å². The summed E-state index contributed by atoms with van der Waals surface area (Å²) in [6, 6.07) is 51.2. The van der Waals surface area contributed by atoms with Crippen LogP contribution in [0.3, 0.4) is 0 Å². The van der Waals surface area contributed by atoms with Crippen LogP contribution in [0.1, 0.15) is 28.8 Å². The number of aromatic nitrogens is 2. The lowest BCUT2D eigenvalue weighted by atomic mass is 9.96. The molecule has 9 rings (SSSR count). The summed E-state index contributed by atoms with van der Waals surface area (Å²) in [6.45, 7) is 0. The molecule has 0 bridgehead atoms. The van der Waals surface area contributed by atoms with Crippen LogP contribution < -0.4 is 0 Å². The van der Waals surface area contributed by atoms with Gasteiger partial charge in [-0.1, -0.05) is 84.9 Å². The van der Waals surface area contributed by atoms with E-state index in [0.29, 0.717) is 11.1 Å². The fourth-order valence-electron chi connectivity index (χ4n) is 7.56. The van der Waals surface area contributed by atoms with Gasteiger partial charge < -0.3 is 9.13 Å². The van der Waals surface area contributed by atoms with Crippen molar-refractivity contribution in [3.63, 3.8) is 0 Å². The molecule has 4 heteroatoms. The van der Waals surface area contributed by atoms with Crippen LogP contribution in [0.25, 0.3) is 72.4 Å². The number of para-hydroxylation sites is 2. The van der Waals surface area contributed by atoms with Gasteiger partial charge in [-0.3, -0.25) is 0 Å². The van der Waals surface area contributed by atoms with Gasteiger partial charge in [0.2, 0.25) is 0 Å². The van der Waals surface area contributed by atoms with Crippen molar-refractivity contribution >= 4 is 38.8 Å². The summed E-state index contributed by atoms with van der Waals surface area (Å²) >= 11 is 0. The van der Waals surface area contributed by atoms with Crippen molar-refractivity contribution in [3.8, 4) is 45.8 Å². The Kier molecular flexibility index (Phi) is 6.35. The molecule has 2 heterocycles. The van der Waals surface area contributed by atoms with Crippen LogP contribution in [0.2, 0.25) is 0 Å². The second-order valence-electron chi connectivity index (χ2n) is 12.3. The third kappa shape index (κ3) is 4.21. The molecule has 0 saturated heterocycles. The summed E-state index contributed by atoms with van der Waals surface area (Å²) in [7, 11) is 0. The fraction of sp³-hybridized carbons (Fsp3) is 0.0455. The molecular formula is C44H28N4. The number of benzene rings is 6. The summed E-state index contributed by atoms with van der Waals surface area (Å²) in [6.07, 6.45) is 6.17. The van der Waals surface area contributed by atoms with Gasteiger partial charge >= 0.3 is 0 Å². The minimum absolute atomic E-state index is 0.593. The van der Waals surface area contributed by atoms with Crippen molar-refractivity contribution < 1.29 is 0 Å². The average molecular weight is 613 g/mol. The molecule has 224 valence electrons. The molecule has 8 aromatic rings. The van der Waals surface area contributed by atoms with Gasteiger partial charge in [-0.2, -0.15) is 10.5 Å². The number of hydrogen-bond acceptors (Lipinski definition) is 2. The molecule has 0 aliphatic heterocycles. The first-order valence-corrected chi connectivity index (χ1v) is 16.2. The Balaban J connectivity index is 1.22. The molecular weight excluding hydrogens is 585 g/mol. The highest BCUT2D eigenvalue weighted by atomic mass is 15.0. The number of nitriles is 2. The SMILES string of the molecule is N#Cc1ccc(-c2cccc(-c3cccc(-n4c5ccccc5c5ccccc54)c3)c2)c(-n2c3c(c4c(C#N)cccc42)CCC=C3)c1. The number of nitrogens with zero attached hydrogens (tertiary/aromatic N) is 4. The minimum atomic E-state index is 0.593. The molecule has 0 atom stereocenters. The van der Waals surface area contributed by atoms with E-state index in [4.69, 9.17) is 0 Å². The van der Waals surface area contributed by atoms with Crippen molar-refractivity contribution in [1.82, 2.24) is 9.13 Å². The van der Waals surface area contributed by atoms with E-state index in [0.717, 1.165) is 63.1 Å². The smallest absolute Gasteiger partial charge is 0.0998 e. The van der Waals surface area contributed by atoms with Crippen molar-refractivity contribution in [3.05, 3.63) is 162 Å². The number of rotatable bonds is 4. The molecule has 2 aromatic heterocycles. The maximum Gasteiger partial charge on any atom is 0.0998 e. The molecule has 0 N–H and O–H groups in total. The van der Waals surface area contributed by atoms with E-state index in [9.17, 15) is 10.5 Å². The Labute approximate surface area is 278 Å². The van der Waals surface area contributed by atoms with Gasteiger partial charge in [-0.25, -0.2) is 0 Å². The lowest BCUT2D eigenvalue weighted by molar-refractivity contribution is 0.967. The van der Waals surface area contributed by atoms with Gasteiger partial charge in [0.25, 0.3) is 0 Å². The van der Waals surface area contributed by atoms with E-state index in [1.54, 1.807) is 0 Å². The van der Waals surface area contributed by atoms with Crippen molar-refractivity contribution in [1.29, 1.82) is 10.5 Å². The highest BCUT2D eigenvalue weighted by molar-refractivity contribution is 6.09. The maximum absolute atomic E-state index is 10.0.